The molecule has 20 heavy (non-hydrogen) atoms. The largest absolute Gasteiger partial charge is 0.497 e. The molecule has 0 aliphatic rings. The van der Waals surface area contributed by atoms with Crippen LogP contribution in [0.4, 0.5) is 5.13 Å². The number of nitrogens with zero attached hydrogens (tertiary/aromatic N) is 1. The number of methoxy groups -OCH3 is 1. The topological polar surface area (TPSA) is 71.5 Å². The molecule has 1 heterocycles. The molecule has 0 aliphatic heterocycles. The van der Waals surface area contributed by atoms with Gasteiger partial charge in [0, 0.05) is 18.3 Å². The summed E-state index contributed by atoms with van der Waals surface area (Å²) in [6, 6.07) is 7.81. The average Bonchev–Trinajstić information content (AvgIpc) is 2.91. The molecule has 0 radical (unpaired) electrons. The summed E-state index contributed by atoms with van der Waals surface area (Å²) >= 11 is 1.49. The molecule has 5 nitrogen and oxygen atoms in total. The summed E-state index contributed by atoms with van der Waals surface area (Å²) < 4.78 is 5.10. The second-order valence-electron chi connectivity index (χ2n) is 4.24. The lowest BCUT2D eigenvalue weighted by atomic mass is 10.2. The van der Waals surface area contributed by atoms with E-state index in [1.54, 1.807) is 7.11 Å². The van der Waals surface area contributed by atoms with Crippen LogP contribution in [-0.2, 0) is 17.8 Å². The highest BCUT2D eigenvalue weighted by Gasteiger charge is 2.04. The van der Waals surface area contributed by atoms with E-state index < -0.39 is 5.97 Å². The van der Waals surface area contributed by atoms with Crippen molar-refractivity contribution >= 4 is 22.4 Å². The lowest BCUT2D eigenvalue weighted by molar-refractivity contribution is -0.136. The van der Waals surface area contributed by atoms with E-state index in [4.69, 9.17) is 9.84 Å². The van der Waals surface area contributed by atoms with E-state index in [0.717, 1.165) is 22.1 Å². The van der Waals surface area contributed by atoms with Gasteiger partial charge in [-0.2, -0.15) is 0 Å². The van der Waals surface area contributed by atoms with Gasteiger partial charge in [-0.05, 0) is 17.7 Å². The van der Waals surface area contributed by atoms with Crippen LogP contribution in [0.25, 0.3) is 0 Å². The van der Waals surface area contributed by atoms with E-state index in [1.807, 2.05) is 29.6 Å². The number of aliphatic carboxylic acids is 1. The van der Waals surface area contributed by atoms with Gasteiger partial charge in [0.05, 0.1) is 19.2 Å². The number of ether oxygens (including phenoxy) is 1. The Morgan fingerprint density at radius 3 is 2.80 bits per heavy atom. The van der Waals surface area contributed by atoms with Gasteiger partial charge in [0.25, 0.3) is 0 Å². The molecular weight excluding hydrogens is 276 g/mol. The highest BCUT2D eigenvalue weighted by atomic mass is 32.1. The third kappa shape index (κ3) is 4.24. The van der Waals surface area contributed by atoms with Crippen molar-refractivity contribution in [2.45, 2.75) is 19.4 Å². The van der Waals surface area contributed by atoms with Gasteiger partial charge in [0.1, 0.15) is 5.75 Å². The monoisotopic (exact) mass is 292 g/mol. The van der Waals surface area contributed by atoms with Gasteiger partial charge in [-0.3, -0.25) is 4.79 Å². The number of hydrogen-bond acceptors (Lipinski definition) is 5. The lowest BCUT2D eigenvalue weighted by Crippen LogP contribution is -2.00. The van der Waals surface area contributed by atoms with Crippen molar-refractivity contribution in [1.29, 1.82) is 0 Å². The Bertz CT molecular complexity index is 566. The number of hydrogen-bond donors (Lipinski definition) is 2. The summed E-state index contributed by atoms with van der Waals surface area (Å²) in [5, 5.41) is 14.5. The fraction of sp³-hybridized carbons (Fsp3) is 0.286. The highest BCUT2D eigenvalue weighted by molar-refractivity contribution is 7.13. The van der Waals surface area contributed by atoms with E-state index >= 15 is 0 Å². The Morgan fingerprint density at radius 2 is 2.15 bits per heavy atom. The molecule has 0 bridgehead atoms. The van der Waals surface area contributed by atoms with Crippen LogP contribution in [0.3, 0.4) is 0 Å². The Hall–Kier alpha value is -2.08. The molecule has 0 saturated carbocycles. The molecule has 0 spiro atoms. The van der Waals surface area contributed by atoms with E-state index in [9.17, 15) is 4.79 Å². The van der Waals surface area contributed by atoms with Crippen LogP contribution in [0, 0.1) is 0 Å². The number of benzene rings is 1. The number of thiazole rings is 1. The summed E-state index contributed by atoms with van der Waals surface area (Å²) in [6.07, 6.45) is 0.581. The average molecular weight is 292 g/mol. The molecule has 0 amide bonds. The number of carbonyl (C=O) groups is 1. The van der Waals surface area contributed by atoms with Crippen LogP contribution in [0.2, 0.25) is 0 Å². The zero-order valence-corrected chi connectivity index (χ0v) is 11.9. The van der Waals surface area contributed by atoms with Crippen LogP contribution in [0.1, 0.15) is 17.7 Å². The number of aromatic nitrogens is 1. The molecule has 106 valence electrons. The number of carboxylic acid groups (broad SMARTS) is 1. The predicted molar refractivity (Wildman–Crippen MR) is 78.4 cm³/mol. The predicted octanol–water partition coefficient (Wildman–Crippen LogP) is 2.78. The van der Waals surface area contributed by atoms with Crippen molar-refractivity contribution < 1.29 is 14.6 Å². The van der Waals surface area contributed by atoms with Crippen molar-refractivity contribution in [3.05, 3.63) is 40.9 Å². The van der Waals surface area contributed by atoms with Crippen molar-refractivity contribution in [1.82, 2.24) is 4.98 Å². The van der Waals surface area contributed by atoms with Crippen molar-refractivity contribution in [2.24, 2.45) is 0 Å². The zero-order valence-electron chi connectivity index (χ0n) is 11.1. The Morgan fingerprint density at radius 1 is 1.40 bits per heavy atom. The van der Waals surface area contributed by atoms with Crippen LogP contribution >= 0.6 is 11.3 Å². The number of carboxylic acids is 1. The van der Waals surface area contributed by atoms with Gasteiger partial charge in [0.2, 0.25) is 0 Å². The molecule has 0 saturated heterocycles. The van der Waals surface area contributed by atoms with Crippen molar-refractivity contribution in [3.63, 3.8) is 0 Å². The molecule has 0 atom stereocenters. The van der Waals surface area contributed by atoms with Crippen molar-refractivity contribution in [2.75, 3.05) is 12.4 Å². The molecule has 1 aromatic carbocycles. The minimum absolute atomic E-state index is 0.113. The number of aryl methyl sites for hydroxylation is 1. The van der Waals surface area contributed by atoms with Gasteiger partial charge in [0.15, 0.2) is 5.13 Å². The molecule has 0 unspecified atom stereocenters. The van der Waals surface area contributed by atoms with E-state index in [2.05, 4.69) is 10.3 Å². The minimum atomic E-state index is -0.800. The van der Waals surface area contributed by atoms with Gasteiger partial charge >= 0.3 is 5.97 Å². The Labute approximate surface area is 121 Å². The maximum Gasteiger partial charge on any atom is 0.303 e. The van der Waals surface area contributed by atoms with Gasteiger partial charge in [-0.1, -0.05) is 12.1 Å². The van der Waals surface area contributed by atoms with Gasteiger partial charge < -0.3 is 15.2 Å². The number of nitrogens with one attached hydrogen (secondary N) is 1. The van der Waals surface area contributed by atoms with E-state index in [-0.39, 0.29) is 6.42 Å². The first-order valence-electron chi connectivity index (χ1n) is 6.20. The fourth-order valence-corrected chi connectivity index (χ4v) is 2.40. The summed E-state index contributed by atoms with van der Waals surface area (Å²) in [6.45, 7) is 0.676. The molecule has 6 heteroatoms. The first kappa shape index (κ1) is 14.3. The number of anilines is 1. The third-order valence-corrected chi connectivity index (χ3v) is 3.60. The minimum Gasteiger partial charge on any atom is -0.497 e. The lowest BCUT2D eigenvalue weighted by Gasteiger charge is -2.04. The quantitative estimate of drug-likeness (QED) is 0.821. The van der Waals surface area contributed by atoms with Crippen LogP contribution in [0.15, 0.2) is 29.6 Å². The fourth-order valence-electron chi connectivity index (χ4n) is 1.66. The number of rotatable bonds is 7. The molecular formula is C14H16N2O3S. The summed E-state index contributed by atoms with van der Waals surface area (Å²) in [4.78, 5) is 14.8. The smallest absolute Gasteiger partial charge is 0.303 e. The molecule has 2 N–H and O–H groups in total. The molecule has 0 fully saturated rings. The van der Waals surface area contributed by atoms with E-state index in [0.29, 0.717) is 13.0 Å². The van der Waals surface area contributed by atoms with Gasteiger partial charge in [-0.15, -0.1) is 11.3 Å². The normalized spacial score (nSPS) is 10.2. The van der Waals surface area contributed by atoms with Crippen LogP contribution in [0.5, 0.6) is 5.75 Å². The van der Waals surface area contributed by atoms with Crippen LogP contribution in [-0.4, -0.2) is 23.2 Å². The summed E-state index contributed by atoms with van der Waals surface area (Å²) in [7, 11) is 1.64. The standard InChI is InChI=1S/C14H16N2O3S/c1-19-12-5-2-10(3-6-12)8-15-14-16-11(9-20-14)4-7-13(17)18/h2-3,5-6,9H,4,7-8H2,1H3,(H,15,16)(H,17,18). The van der Waals surface area contributed by atoms with Gasteiger partial charge in [-0.25, -0.2) is 4.98 Å². The van der Waals surface area contributed by atoms with Crippen molar-refractivity contribution in [3.8, 4) is 5.75 Å². The maximum atomic E-state index is 10.5. The summed E-state index contributed by atoms with van der Waals surface area (Å²) in [5.74, 6) is 0.0321. The van der Waals surface area contributed by atoms with E-state index in [1.165, 1.54) is 11.3 Å². The first-order valence-corrected chi connectivity index (χ1v) is 7.08. The zero-order chi connectivity index (χ0) is 14.4. The second kappa shape index (κ2) is 6.91. The van der Waals surface area contributed by atoms with Crippen LogP contribution < -0.4 is 10.1 Å². The molecule has 2 rings (SSSR count). The second-order valence-corrected chi connectivity index (χ2v) is 5.10. The Balaban J connectivity index is 1.85. The highest BCUT2D eigenvalue weighted by Crippen LogP contribution is 2.18. The summed E-state index contributed by atoms with van der Waals surface area (Å²) in [5.41, 5.74) is 1.95. The Kier molecular flexibility index (Phi) is 4.95. The SMILES string of the molecule is COc1ccc(CNc2nc(CCC(=O)O)cs2)cc1. The molecule has 2 aromatic rings. The maximum absolute atomic E-state index is 10.5. The molecule has 0 aliphatic carbocycles. The third-order valence-electron chi connectivity index (χ3n) is 2.75. The first-order chi connectivity index (χ1) is 9.67. The molecule has 1 aromatic heterocycles.